The van der Waals surface area contributed by atoms with Gasteiger partial charge in [0, 0.05) is 18.2 Å². The molecule has 1 aliphatic carbocycles. The Labute approximate surface area is 130 Å². The molecule has 1 saturated carbocycles. The number of nitrogens with zero attached hydrogens (tertiary/aromatic N) is 1. The Morgan fingerprint density at radius 3 is 2.86 bits per heavy atom. The van der Waals surface area contributed by atoms with Crippen molar-refractivity contribution in [2.45, 2.75) is 39.2 Å². The van der Waals surface area contributed by atoms with Gasteiger partial charge in [-0.05, 0) is 24.3 Å². The number of hydrogen-bond acceptors (Lipinski definition) is 4. The SMILES string of the molecule is C[C@@H]1[C@@H](C)CCC[C@H]1NC(=O)COC(=O)c1cccc[n+]1[O-]. The molecule has 6 heteroatoms. The summed E-state index contributed by atoms with van der Waals surface area (Å²) in [4.78, 5) is 23.7. The third kappa shape index (κ3) is 3.96. The van der Waals surface area contributed by atoms with E-state index in [9.17, 15) is 14.8 Å². The van der Waals surface area contributed by atoms with Gasteiger partial charge in [0.05, 0.1) is 0 Å². The summed E-state index contributed by atoms with van der Waals surface area (Å²) in [6.45, 7) is 3.95. The molecule has 1 N–H and O–H groups in total. The van der Waals surface area contributed by atoms with Gasteiger partial charge in [-0.3, -0.25) is 4.79 Å². The van der Waals surface area contributed by atoms with Crippen LogP contribution in [-0.2, 0) is 9.53 Å². The minimum atomic E-state index is -0.796. The molecule has 0 bridgehead atoms. The molecule has 0 aromatic carbocycles. The van der Waals surface area contributed by atoms with Gasteiger partial charge in [0.25, 0.3) is 5.91 Å². The molecule has 1 fully saturated rings. The molecule has 1 heterocycles. The largest absolute Gasteiger partial charge is 0.618 e. The van der Waals surface area contributed by atoms with Gasteiger partial charge in [-0.1, -0.05) is 26.7 Å². The molecule has 0 saturated heterocycles. The van der Waals surface area contributed by atoms with Gasteiger partial charge in [-0.25, -0.2) is 4.79 Å². The van der Waals surface area contributed by atoms with E-state index in [0.29, 0.717) is 16.6 Å². The molecule has 1 aromatic rings. The number of carbonyl (C=O) groups is 2. The van der Waals surface area contributed by atoms with E-state index in [-0.39, 0.29) is 24.2 Å². The molecule has 1 amide bonds. The fourth-order valence-electron chi connectivity index (χ4n) is 2.83. The highest BCUT2D eigenvalue weighted by atomic mass is 16.5. The van der Waals surface area contributed by atoms with Crippen LogP contribution in [0.4, 0.5) is 0 Å². The molecule has 0 radical (unpaired) electrons. The summed E-state index contributed by atoms with van der Waals surface area (Å²) >= 11 is 0. The Bertz CT molecular complexity index is 547. The third-order valence-corrected chi connectivity index (χ3v) is 4.42. The minimum Gasteiger partial charge on any atom is -0.618 e. The van der Waals surface area contributed by atoms with Crippen molar-refractivity contribution in [3.63, 3.8) is 0 Å². The van der Waals surface area contributed by atoms with Crippen LogP contribution in [-0.4, -0.2) is 24.5 Å². The number of carbonyl (C=O) groups excluding carboxylic acids is 2. The van der Waals surface area contributed by atoms with Crippen molar-refractivity contribution in [3.8, 4) is 0 Å². The zero-order chi connectivity index (χ0) is 16.1. The second kappa shape index (κ2) is 7.24. The number of rotatable bonds is 4. The van der Waals surface area contributed by atoms with Gasteiger partial charge in [-0.15, -0.1) is 0 Å². The molecule has 0 unspecified atom stereocenters. The standard InChI is InChI=1S/C16H22N2O4/c1-11-6-5-7-13(12(11)2)17-15(19)10-22-16(20)14-8-3-4-9-18(14)21/h3-4,8-9,11-13H,5-7,10H2,1-2H3,(H,17,19)/t11-,12+,13+/m0/s1. The minimum absolute atomic E-state index is 0.121. The fourth-order valence-corrected chi connectivity index (χ4v) is 2.83. The summed E-state index contributed by atoms with van der Waals surface area (Å²) in [5.74, 6) is -0.139. The Morgan fingerprint density at radius 2 is 2.14 bits per heavy atom. The topological polar surface area (TPSA) is 82.3 Å². The zero-order valence-corrected chi connectivity index (χ0v) is 13.0. The van der Waals surface area contributed by atoms with Gasteiger partial charge in [0.2, 0.25) is 0 Å². The first-order chi connectivity index (χ1) is 10.5. The van der Waals surface area contributed by atoms with Crippen molar-refractivity contribution in [1.82, 2.24) is 5.32 Å². The summed E-state index contributed by atoms with van der Waals surface area (Å²) in [7, 11) is 0. The number of nitrogens with one attached hydrogen (secondary N) is 1. The average Bonchev–Trinajstić information content (AvgIpc) is 2.50. The Kier molecular flexibility index (Phi) is 5.35. The molecular weight excluding hydrogens is 284 g/mol. The van der Waals surface area contributed by atoms with Crippen LogP contribution in [0.15, 0.2) is 24.4 Å². The molecule has 22 heavy (non-hydrogen) atoms. The summed E-state index contributed by atoms with van der Waals surface area (Å²) in [5, 5.41) is 14.3. The molecular formula is C16H22N2O4. The van der Waals surface area contributed by atoms with E-state index in [4.69, 9.17) is 4.74 Å². The summed E-state index contributed by atoms with van der Waals surface area (Å²) in [6.07, 6.45) is 4.43. The van der Waals surface area contributed by atoms with Crippen molar-refractivity contribution in [2.75, 3.05) is 6.61 Å². The van der Waals surface area contributed by atoms with Crippen molar-refractivity contribution in [3.05, 3.63) is 35.3 Å². The van der Waals surface area contributed by atoms with E-state index in [1.54, 1.807) is 6.07 Å². The van der Waals surface area contributed by atoms with Gasteiger partial charge in [-0.2, -0.15) is 4.73 Å². The second-order valence-electron chi connectivity index (χ2n) is 5.93. The number of amides is 1. The van der Waals surface area contributed by atoms with E-state index in [1.165, 1.54) is 24.8 Å². The van der Waals surface area contributed by atoms with E-state index in [1.807, 2.05) is 0 Å². The number of pyridine rings is 1. The lowest BCUT2D eigenvalue weighted by Crippen LogP contribution is -2.45. The lowest BCUT2D eigenvalue weighted by atomic mass is 9.78. The first kappa shape index (κ1) is 16.3. The van der Waals surface area contributed by atoms with Crippen LogP contribution >= 0.6 is 0 Å². The lowest BCUT2D eigenvalue weighted by Gasteiger charge is -2.34. The third-order valence-electron chi connectivity index (χ3n) is 4.42. The van der Waals surface area contributed by atoms with E-state index in [2.05, 4.69) is 19.2 Å². The second-order valence-corrected chi connectivity index (χ2v) is 5.93. The number of aromatic nitrogens is 1. The van der Waals surface area contributed by atoms with Gasteiger partial charge in [0.1, 0.15) is 0 Å². The predicted octanol–water partition coefficient (Wildman–Crippen LogP) is 1.42. The highest BCUT2D eigenvalue weighted by Crippen LogP contribution is 2.29. The lowest BCUT2D eigenvalue weighted by molar-refractivity contribution is -0.608. The summed E-state index contributed by atoms with van der Waals surface area (Å²) < 4.78 is 5.32. The Balaban J connectivity index is 1.83. The maximum absolute atomic E-state index is 11.9. The van der Waals surface area contributed by atoms with Crippen LogP contribution in [0, 0.1) is 17.0 Å². The van der Waals surface area contributed by atoms with Gasteiger partial charge in [0.15, 0.2) is 12.8 Å². The van der Waals surface area contributed by atoms with Crippen LogP contribution in [0.2, 0.25) is 0 Å². The van der Waals surface area contributed by atoms with Crippen LogP contribution in [0.3, 0.4) is 0 Å². The van der Waals surface area contributed by atoms with Crippen molar-refractivity contribution < 1.29 is 19.1 Å². The van der Waals surface area contributed by atoms with Crippen LogP contribution < -0.4 is 10.0 Å². The molecule has 3 atom stereocenters. The van der Waals surface area contributed by atoms with Crippen molar-refractivity contribution >= 4 is 11.9 Å². The molecule has 0 spiro atoms. The molecule has 120 valence electrons. The highest BCUT2D eigenvalue weighted by molar-refractivity contribution is 5.88. The molecule has 2 rings (SSSR count). The molecule has 1 aromatic heterocycles. The Hall–Kier alpha value is -2.11. The number of ether oxygens (including phenoxy) is 1. The summed E-state index contributed by atoms with van der Waals surface area (Å²) in [5.41, 5.74) is -0.130. The van der Waals surface area contributed by atoms with Gasteiger partial charge >= 0.3 is 11.7 Å². The highest BCUT2D eigenvalue weighted by Gasteiger charge is 2.28. The van der Waals surface area contributed by atoms with Gasteiger partial charge < -0.3 is 15.3 Å². The van der Waals surface area contributed by atoms with E-state index in [0.717, 1.165) is 12.8 Å². The van der Waals surface area contributed by atoms with Crippen LogP contribution in [0.5, 0.6) is 0 Å². The maximum Gasteiger partial charge on any atom is 0.405 e. The average molecular weight is 306 g/mol. The summed E-state index contributed by atoms with van der Waals surface area (Å²) in [6, 6.07) is 4.56. The number of esters is 1. The normalized spacial score (nSPS) is 24.5. The predicted molar refractivity (Wildman–Crippen MR) is 79.8 cm³/mol. The first-order valence-corrected chi connectivity index (χ1v) is 7.63. The smallest absolute Gasteiger partial charge is 0.405 e. The molecule has 1 aliphatic rings. The van der Waals surface area contributed by atoms with Crippen LogP contribution in [0.1, 0.15) is 43.6 Å². The van der Waals surface area contributed by atoms with E-state index < -0.39 is 5.97 Å². The quantitative estimate of drug-likeness (QED) is 0.518. The van der Waals surface area contributed by atoms with Crippen molar-refractivity contribution in [2.24, 2.45) is 11.8 Å². The molecule has 6 nitrogen and oxygen atoms in total. The van der Waals surface area contributed by atoms with Crippen LogP contribution in [0.25, 0.3) is 0 Å². The number of hydrogen-bond donors (Lipinski definition) is 1. The zero-order valence-electron chi connectivity index (χ0n) is 13.0. The van der Waals surface area contributed by atoms with E-state index >= 15 is 0 Å². The Morgan fingerprint density at radius 1 is 1.36 bits per heavy atom. The fraction of sp³-hybridized carbons (Fsp3) is 0.562. The first-order valence-electron chi connectivity index (χ1n) is 7.63. The monoisotopic (exact) mass is 306 g/mol. The molecule has 0 aliphatic heterocycles. The maximum atomic E-state index is 11.9. The van der Waals surface area contributed by atoms with Crippen molar-refractivity contribution in [1.29, 1.82) is 0 Å².